The summed E-state index contributed by atoms with van der Waals surface area (Å²) in [6, 6.07) is 10.9. The predicted molar refractivity (Wildman–Crippen MR) is 119 cm³/mol. The van der Waals surface area contributed by atoms with E-state index in [1.807, 2.05) is 0 Å². The fourth-order valence-corrected chi connectivity index (χ4v) is 3.79. The summed E-state index contributed by atoms with van der Waals surface area (Å²) in [5.41, 5.74) is 1.50. The van der Waals surface area contributed by atoms with Crippen LogP contribution in [0.15, 0.2) is 30.3 Å². The second-order valence-electron chi connectivity index (χ2n) is 8.49. The topological polar surface area (TPSA) is 0 Å². The van der Waals surface area contributed by atoms with Gasteiger partial charge in [0.15, 0.2) is 0 Å². The van der Waals surface area contributed by atoms with Gasteiger partial charge in [0.05, 0.1) is 0 Å². The highest BCUT2D eigenvalue weighted by Gasteiger charge is 1.98. The normalized spacial score (nSPS) is 12.4. The molecule has 0 bridgehead atoms. The van der Waals surface area contributed by atoms with Crippen molar-refractivity contribution in [3.05, 3.63) is 35.9 Å². The van der Waals surface area contributed by atoms with Crippen molar-refractivity contribution in [2.75, 3.05) is 0 Å². The summed E-state index contributed by atoms with van der Waals surface area (Å²) in [5, 5.41) is 0. The van der Waals surface area contributed by atoms with Crippen LogP contribution in [0.4, 0.5) is 0 Å². The van der Waals surface area contributed by atoms with Crippen molar-refractivity contribution in [2.24, 2.45) is 5.92 Å². The Kier molecular flexibility index (Phi) is 15.8. The molecule has 0 aromatic heterocycles. The molecule has 1 aromatic carbocycles. The predicted octanol–water partition coefficient (Wildman–Crippen LogP) is 9.13. The van der Waals surface area contributed by atoms with E-state index >= 15 is 0 Å². The molecule has 0 saturated heterocycles. The summed E-state index contributed by atoms with van der Waals surface area (Å²) in [6.07, 6.45) is 24.4. The molecule has 0 fully saturated rings. The average Bonchev–Trinajstić information content (AvgIpc) is 2.68. The Labute approximate surface area is 165 Å². The van der Waals surface area contributed by atoms with Crippen molar-refractivity contribution in [3.63, 3.8) is 0 Å². The Morgan fingerprint density at radius 3 is 1.46 bits per heavy atom. The number of benzene rings is 1. The molecular weight excluding hydrogens is 312 g/mol. The molecule has 0 unspecified atom stereocenters. The third kappa shape index (κ3) is 14.4. The van der Waals surface area contributed by atoms with E-state index in [1.54, 1.807) is 0 Å². The molecule has 0 aliphatic carbocycles. The molecule has 0 spiro atoms. The van der Waals surface area contributed by atoms with Gasteiger partial charge in [-0.2, -0.15) is 0 Å². The molecule has 0 aliphatic rings. The van der Waals surface area contributed by atoms with Crippen LogP contribution in [0.3, 0.4) is 0 Å². The van der Waals surface area contributed by atoms with Crippen molar-refractivity contribution in [1.82, 2.24) is 0 Å². The molecule has 0 saturated carbocycles. The summed E-state index contributed by atoms with van der Waals surface area (Å²) in [5.74, 6) is 0.943. The van der Waals surface area contributed by atoms with E-state index in [0.29, 0.717) is 0 Å². The molecule has 150 valence electrons. The van der Waals surface area contributed by atoms with Gasteiger partial charge >= 0.3 is 0 Å². The van der Waals surface area contributed by atoms with E-state index in [4.69, 9.17) is 0 Å². The van der Waals surface area contributed by atoms with Gasteiger partial charge in [-0.25, -0.2) is 0 Å². The average molecular weight is 359 g/mol. The van der Waals surface area contributed by atoms with E-state index in [9.17, 15) is 0 Å². The van der Waals surface area contributed by atoms with Crippen LogP contribution in [0.1, 0.15) is 122 Å². The Balaban J connectivity index is 1.71. The first kappa shape index (κ1) is 23.3. The number of rotatable bonds is 18. The number of hydrogen-bond acceptors (Lipinski definition) is 0. The van der Waals surface area contributed by atoms with E-state index in [0.717, 1.165) is 5.92 Å². The summed E-state index contributed by atoms with van der Waals surface area (Å²) in [4.78, 5) is 0. The molecule has 1 rings (SSSR count). The Morgan fingerprint density at radius 1 is 0.577 bits per heavy atom. The van der Waals surface area contributed by atoms with E-state index in [1.165, 1.54) is 115 Å². The van der Waals surface area contributed by atoms with E-state index in [2.05, 4.69) is 44.2 Å². The van der Waals surface area contributed by atoms with Crippen molar-refractivity contribution >= 4 is 0 Å². The van der Waals surface area contributed by atoms with Gasteiger partial charge in [-0.05, 0) is 24.3 Å². The highest BCUT2D eigenvalue weighted by atomic mass is 14.0. The minimum absolute atomic E-state index is 0.943. The Hall–Kier alpha value is -0.780. The van der Waals surface area contributed by atoms with Gasteiger partial charge in [0.1, 0.15) is 0 Å². The Bertz CT molecular complexity index is 380. The molecular formula is C26H46. The summed E-state index contributed by atoms with van der Waals surface area (Å²) in [7, 11) is 0. The summed E-state index contributed by atoms with van der Waals surface area (Å²) in [6.45, 7) is 4.71. The standard InChI is InChI=1S/C26H46/c1-3-25(2)21-17-14-12-10-8-6-4-5-7-9-11-13-15-18-22-26-23-19-16-20-24-26/h16,19-20,23-25H,3-15,17-18,21-22H2,1-2H3/t25-/m0/s1. The fourth-order valence-electron chi connectivity index (χ4n) is 3.79. The van der Waals surface area contributed by atoms with Crippen molar-refractivity contribution in [3.8, 4) is 0 Å². The monoisotopic (exact) mass is 358 g/mol. The summed E-state index contributed by atoms with van der Waals surface area (Å²) >= 11 is 0. The molecule has 26 heavy (non-hydrogen) atoms. The molecule has 1 atom stereocenters. The number of aryl methyl sites for hydroxylation is 1. The molecule has 0 heteroatoms. The van der Waals surface area contributed by atoms with Crippen LogP contribution in [-0.2, 0) is 6.42 Å². The smallest absolute Gasteiger partial charge is 0.0279 e. The SMILES string of the molecule is CC[C@H](C)CCCCCCCCCCCCCCCCc1ccccc1. The first-order valence-electron chi connectivity index (χ1n) is 11.9. The minimum atomic E-state index is 0.943. The van der Waals surface area contributed by atoms with Gasteiger partial charge in [0, 0.05) is 0 Å². The van der Waals surface area contributed by atoms with Crippen LogP contribution in [0.25, 0.3) is 0 Å². The lowest BCUT2D eigenvalue weighted by Gasteiger charge is -2.07. The second-order valence-corrected chi connectivity index (χ2v) is 8.49. The van der Waals surface area contributed by atoms with Gasteiger partial charge in [-0.1, -0.05) is 140 Å². The van der Waals surface area contributed by atoms with Crippen LogP contribution in [0, 0.1) is 5.92 Å². The maximum Gasteiger partial charge on any atom is -0.0279 e. The lowest BCUT2D eigenvalue weighted by molar-refractivity contribution is 0.468. The maximum atomic E-state index is 2.39. The van der Waals surface area contributed by atoms with Crippen LogP contribution >= 0.6 is 0 Å². The molecule has 0 radical (unpaired) electrons. The van der Waals surface area contributed by atoms with Crippen molar-refractivity contribution in [2.45, 2.75) is 123 Å². The van der Waals surface area contributed by atoms with Gasteiger partial charge in [0.25, 0.3) is 0 Å². The number of unbranched alkanes of at least 4 members (excludes halogenated alkanes) is 13. The third-order valence-electron chi connectivity index (χ3n) is 5.95. The van der Waals surface area contributed by atoms with Crippen molar-refractivity contribution in [1.29, 1.82) is 0 Å². The molecule has 1 aromatic rings. The zero-order valence-corrected chi connectivity index (χ0v) is 18.0. The largest absolute Gasteiger partial charge is 0.0651 e. The first-order valence-corrected chi connectivity index (χ1v) is 11.9. The summed E-state index contributed by atoms with van der Waals surface area (Å²) < 4.78 is 0. The van der Waals surface area contributed by atoms with Gasteiger partial charge < -0.3 is 0 Å². The van der Waals surface area contributed by atoms with Crippen LogP contribution in [-0.4, -0.2) is 0 Å². The van der Waals surface area contributed by atoms with E-state index in [-0.39, 0.29) is 0 Å². The van der Waals surface area contributed by atoms with E-state index < -0.39 is 0 Å². The minimum Gasteiger partial charge on any atom is -0.0651 e. The highest BCUT2D eigenvalue weighted by molar-refractivity contribution is 5.14. The van der Waals surface area contributed by atoms with Crippen LogP contribution in [0.2, 0.25) is 0 Å². The number of hydrogen-bond donors (Lipinski definition) is 0. The van der Waals surface area contributed by atoms with Gasteiger partial charge in [-0.15, -0.1) is 0 Å². The molecule has 0 nitrogen and oxygen atoms in total. The fraction of sp³-hybridized carbons (Fsp3) is 0.769. The van der Waals surface area contributed by atoms with Crippen molar-refractivity contribution < 1.29 is 0 Å². The molecule has 0 heterocycles. The molecule has 0 aliphatic heterocycles. The maximum absolute atomic E-state index is 2.39. The molecule has 0 N–H and O–H groups in total. The van der Waals surface area contributed by atoms with Crippen LogP contribution < -0.4 is 0 Å². The third-order valence-corrected chi connectivity index (χ3v) is 5.95. The molecule has 0 amide bonds. The quantitative estimate of drug-likeness (QED) is 0.229. The van der Waals surface area contributed by atoms with Gasteiger partial charge in [0.2, 0.25) is 0 Å². The van der Waals surface area contributed by atoms with Crippen LogP contribution in [0.5, 0.6) is 0 Å². The second kappa shape index (κ2) is 17.6. The first-order chi connectivity index (χ1) is 12.8. The zero-order valence-electron chi connectivity index (χ0n) is 18.0. The lowest BCUT2D eigenvalue weighted by Crippen LogP contribution is -1.91. The lowest BCUT2D eigenvalue weighted by atomic mass is 9.99. The zero-order chi connectivity index (χ0) is 18.7. The highest BCUT2D eigenvalue weighted by Crippen LogP contribution is 2.16. The Morgan fingerprint density at radius 2 is 1.00 bits per heavy atom. The van der Waals surface area contributed by atoms with Gasteiger partial charge in [-0.3, -0.25) is 0 Å².